The number of carbonyl (C=O) groups is 1. The van der Waals surface area contributed by atoms with Gasteiger partial charge in [0.1, 0.15) is 0 Å². The van der Waals surface area contributed by atoms with Crippen molar-refractivity contribution < 1.29 is 14.3 Å². The normalized spacial score (nSPS) is 24.4. The Morgan fingerprint density at radius 1 is 1.37 bits per heavy atom. The van der Waals surface area contributed by atoms with Crippen molar-refractivity contribution in [2.75, 3.05) is 26.3 Å². The summed E-state index contributed by atoms with van der Waals surface area (Å²) in [6.07, 6.45) is 12.9. The number of hydrogen-bond donors (Lipinski definition) is 0. The topological polar surface area (TPSA) is 51.7 Å². The Kier molecular flexibility index (Phi) is 5.89. The maximum absolute atomic E-state index is 12.6. The van der Waals surface area contributed by atoms with Crippen molar-refractivity contribution in [3.8, 4) is 0 Å². The Labute approximate surface area is 161 Å². The molecule has 5 heteroatoms. The van der Waals surface area contributed by atoms with E-state index >= 15 is 0 Å². The average Bonchev–Trinajstić information content (AvgIpc) is 3.37. The summed E-state index contributed by atoms with van der Waals surface area (Å²) in [7, 11) is 0. The molecule has 0 N–H and O–H groups in total. The zero-order valence-corrected chi connectivity index (χ0v) is 16.1. The molecule has 0 aromatic carbocycles. The van der Waals surface area contributed by atoms with E-state index in [4.69, 9.17) is 9.47 Å². The van der Waals surface area contributed by atoms with E-state index in [1.165, 1.54) is 0 Å². The SMILES string of the molecule is O=C(C1=CCCC1)N1CCC2(CC1)OCC[C@@H]2CCOCc1cccnc1. The number of hydrogen-bond acceptors (Lipinski definition) is 4. The summed E-state index contributed by atoms with van der Waals surface area (Å²) < 4.78 is 12.1. The van der Waals surface area contributed by atoms with Crippen LogP contribution >= 0.6 is 0 Å². The molecule has 1 spiro atoms. The van der Waals surface area contributed by atoms with Crippen LogP contribution in [0.1, 0.15) is 50.5 Å². The van der Waals surface area contributed by atoms with E-state index in [-0.39, 0.29) is 11.5 Å². The summed E-state index contributed by atoms with van der Waals surface area (Å²) in [5.41, 5.74) is 2.10. The van der Waals surface area contributed by atoms with Gasteiger partial charge in [0.15, 0.2) is 0 Å². The van der Waals surface area contributed by atoms with Crippen molar-refractivity contribution in [3.63, 3.8) is 0 Å². The van der Waals surface area contributed by atoms with Gasteiger partial charge in [-0.05, 0) is 62.5 Å². The third-order valence-electron chi connectivity index (χ3n) is 6.41. The number of piperidine rings is 1. The summed E-state index contributed by atoms with van der Waals surface area (Å²) in [4.78, 5) is 18.8. The highest BCUT2D eigenvalue weighted by molar-refractivity contribution is 5.93. The number of aromatic nitrogens is 1. The monoisotopic (exact) mass is 370 g/mol. The van der Waals surface area contributed by atoms with Gasteiger partial charge in [0.2, 0.25) is 5.91 Å². The van der Waals surface area contributed by atoms with Crippen LogP contribution in [0.3, 0.4) is 0 Å². The Bertz CT molecular complexity index is 665. The molecule has 2 saturated heterocycles. The predicted molar refractivity (Wildman–Crippen MR) is 103 cm³/mol. The molecule has 1 atom stereocenters. The predicted octanol–water partition coefficient (Wildman–Crippen LogP) is 3.50. The number of pyridine rings is 1. The van der Waals surface area contributed by atoms with Crippen molar-refractivity contribution >= 4 is 5.91 Å². The highest BCUT2D eigenvalue weighted by Gasteiger charge is 2.46. The molecule has 3 aliphatic rings. The standard InChI is InChI=1S/C22H30N2O3/c25-21(19-5-1-2-6-19)24-12-9-22(10-13-24)20(8-15-27-22)7-14-26-17-18-4-3-11-23-16-18/h3-5,11,16,20H,1-2,6-10,12-15,17H2/t20-/m0/s1. The molecule has 2 aliphatic heterocycles. The molecule has 0 saturated carbocycles. The number of amides is 1. The first kappa shape index (κ1) is 18.6. The van der Waals surface area contributed by atoms with Gasteiger partial charge in [-0.1, -0.05) is 12.1 Å². The van der Waals surface area contributed by atoms with Gasteiger partial charge in [-0.25, -0.2) is 0 Å². The molecule has 27 heavy (non-hydrogen) atoms. The molecule has 1 aromatic heterocycles. The fourth-order valence-corrected chi connectivity index (χ4v) is 4.80. The Hall–Kier alpha value is -1.72. The summed E-state index contributed by atoms with van der Waals surface area (Å²) >= 11 is 0. The van der Waals surface area contributed by atoms with Crippen LogP contribution in [0.4, 0.5) is 0 Å². The molecule has 2 fully saturated rings. The molecule has 0 radical (unpaired) electrons. The summed E-state index contributed by atoms with van der Waals surface area (Å²) in [5.74, 6) is 0.797. The van der Waals surface area contributed by atoms with Gasteiger partial charge >= 0.3 is 0 Å². The summed E-state index contributed by atoms with van der Waals surface area (Å²) in [6, 6.07) is 3.98. The molecular formula is C22H30N2O3. The van der Waals surface area contributed by atoms with Gasteiger partial charge in [-0.3, -0.25) is 9.78 Å². The van der Waals surface area contributed by atoms with Crippen molar-refractivity contribution in [2.45, 2.75) is 57.2 Å². The number of rotatable bonds is 6. The van der Waals surface area contributed by atoms with Crippen molar-refractivity contribution in [1.82, 2.24) is 9.88 Å². The van der Waals surface area contributed by atoms with E-state index in [0.717, 1.165) is 82.4 Å². The molecule has 3 heterocycles. The van der Waals surface area contributed by atoms with Crippen LogP contribution in [-0.2, 0) is 20.9 Å². The van der Waals surface area contributed by atoms with Gasteiger partial charge < -0.3 is 14.4 Å². The smallest absolute Gasteiger partial charge is 0.249 e. The van der Waals surface area contributed by atoms with Crippen LogP contribution in [0.25, 0.3) is 0 Å². The van der Waals surface area contributed by atoms with E-state index in [1.807, 2.05) is 23.2 Å². The molecule has 0 bridgehead atoms. The highest BCUT2D eigenvalue weighted by Crippen LogP contribution is 2.42. The Morgan fingerprint density at radius 3 is 3.00 bits per heavy atom. The molecule has 1 aliphatic carbocycles. The molecule has 5 nitrogen and oxygen atoms in total. The first-order chi connectivity index (χ1) is 13.3. The first-order valence-corrected chi connectivity index (χ1v) is 10.4. The Morgan fingerprint density at radius 2 is 2.26 bits per heavy atom. The largest absolute Gasteiger partial charge is 0.377 e. The van der Waals surface area contributed by atoms with Crippen LogP contribution in [0.5, 0.6) is 0 Å². The summed E-state index contributed by atoms with van der Waals surface area (Å²) in [6.45, 7) is 3.85. The number of likely N-dealkylation sites (tertiary alicyclic amines) is 1. The van der Waals surface area contributed by atoms with Gasteiger partial charge in [0, 0.05) is 44.3 Å². The van der Waals surface area contributed by atoms with E-state index < -0.39 is 0 Å². The second-order valence-electron chi connectivity index (χ2n) is 8.02. The first-order valence-electron chi connectivity index (χ1n) is 10.4. The van der Waals surface area contributed by atoms with E-state index in [0.29, 0.717) is 12.5 Å². The van der Waals surface area contributed by atoms with Crippen LogP contribution in [0, 0.1) is 5.92 Å². The van der Waals surface area contributed by atoms with Crippen LogP contribution in [-0.4, -0.2) is 47.7 Å². The maximum Gasteiger partial charge on any atom is 0.249 e. The number of nitrogens with zero attached hydrogens (tertiary/aromatic N) is 2. The number of ether oxygens (including phenoxy) is 2. The molecule has 0 unspecified atom stereocenters. The molecule has 4 rings (SSSR count). The van der Waals surface area contributed by atoms with Gasteiger partial charge in [-0.2, -0.15) is 0 Å². The number of carbonyl (C=O) groups excluding carboxylic acids is 1. The third kappa shape index (κ3) is 4.25. The van der Waals surface area contributed by atoms with Crippen LogP contribution in [0.15, 0.2) is 36.2 Å². The zero-order chi connectivity index (χ0) is 18.5. The third-order valence-corrected chi connectivity index (χ3v) is 6.41. The minimum atomic E-state index is -0.0432. The van der Waals surface area contributed by atoms with Crippen molar-refractivity contribution in [2.24, 2.45) is 5.92 Å². The molecule has 1 amide bonds. The maximum atomic E-state index is 12.6. The fraction of sp³-hybridized carbons (Fsp3) is 0.636. The Balaban J connectivity index is 1.25. The minimum absolute atomic E-state index is 0.0432. The second-order valence-corrected chi connectivity index (χ2v) is 8.02. The van der Waals surface area contributed by atoms with E-state index in [1.54, 1.807) is 6.20 Å². The minimum Gasteiger partial charge on any atom is -0.377 e. The molecular weight excluding hydrogens is 340 g/mol. The molecule has 146 valence electrons. The highest BCUT2D eigenvalue weighted by atomic mass is 16.5. The lowest BCUT2D eigenvalue weighted by Gasteiger charge is -2.42. The van der Waals surface area contributed by atoms with E-state index in [2.05, 4.69) is 11.1 Å². The van der Waals surface area contributed by atoms with Crippen molar-refractivity contribution in [3.05, 3.63) is 41.7 Å². The van der Waals surface area contributed by atoms with E-state index in [9.17, 15) is 4.79 Å². The zero-order valence-electron chi connectivity index (χ0n) is 16.1. The van der Waals surface area contributed by atoms with Crippen LogP contribution < -0.4 is 0 Å². The summed E-state index contributed by atoms with van der Waals surface area (Å²) in [5, 5.41) is 0. The lowest BCUT2D eigenvalue weighted by molar-refractivity contribution is -0.134. The number of allylic oxidation sites excluding steroid dienone is 1. The van der Waals surface area contributed by atoms with Crippen LogP contribution in [0.2, 0.25) is 0 Å². The van der Waals surface area contributed by atoms with Gasteiger partial charge in [0.05, 0.1) is 12.2 Å². The average molecular weight is 370 g/mol. The molecule has 1 aromatic rings. The lowest BCUT2D eigenvalue weighted by atomic mass is 9.78. The van der Waals surface area contributed by atoms with Gasteiger partial charge in [-0.15, -0.1) is 0 Å². The van der Waals surface area contributed by atoms with Gasteiger partial charge in [0.25, 0.3) is 0 Å². The second kappa shape index (κ2) is 8.53. The lowest BCUT2D eigenvalue weighted by Crippen LogP contribution is -2.49. The van der Waals surface area contributed by atoms with Crippen molar-refractivity contribution in [1.29, 1.82) is 0 Å². The quantitative estimate of drug-likeness (QED) is 0.719. The fourth-order valence-electron chi connectivity index (χ4n) is 4.80.